The molecule has 9 heteroatoms. The molecule has 0 saturated heterocycles. The lowest BCUT2D eigenvalue weighted by atomic mass is 10.1. The summed E-state index contributed by atoms with van der Waals surface area (Å²) in [6.45, 7) is 7.74. The molecular formula is C20H32N3O5P. The van der Waals surface area contributed by atoms with E-state index in [0.717, 1.165) is 37.8 Å². The summed E-state index contributed by atoms with van der Waals surface area (Å²) in [6.07, 6.45) is 6.77. The molecule has 0 fully saturated rings. The van der Waals surface area contributed by atoms with Gasteiger partial charge in [-0.1, -0.05) is 26.2 Å². The van der Waals surface area contributed by atoms with Gasteiger partial charge in [0.15, 0.2) is 5.65 Å². The average Bonchev–Trinajstić information content (AvgIpc) is 3.15. The second-order valence-electron chi connectivity index (χ2n) is 6.61. The molecule has 8 nitrogen and oxygen atoms in total. The number of hydrogen-bond donors (Lipinski definition) is 0. The number of fused-ring (bicyclic) bond motifs is 1. The molecule has 0 aliphatic heterocycles. The molecule has 0 N–H and O–H groups in total. The van der Waals surface area contributed by atoms with Crippen molar-refractivity contribution in [3.8, 4) is 0 Å². The van der Waals surface area contributed by atoms with E-state index in [1.165, 1.54) is 4.52 Å². The molecule has 1 unspecified atom stereocenters. The van der Waals surface area contributed by atoms with E-state index < -0.39 is 19.2 Å². The van der Waals surface area contributed by atoms with E-state index in [4.69, 9.17) is 13.8 Å². The maximum atomic E-state index is 13.6. The fourth-order valence-corrected chi connectivity index (χ4v) is 5.16. The Balaban J connectivity index is 2.54. The molecule has 2 heterocycles. The zero-order chi connectivity index (χ0) is 21.3. The summed E-state index contributed by atoms with van der Waals surface area (Å²) in [5.41, 5.74) is 0.580. The lowest BCUT2D eigenvalue weighted by molar-refractivity contribution is -0.143. The van der Waals surface area contributed by atoms with Crippen molar-refractivity contribution in [2.75, 3.05) is 19.8 Å². The quantitative estimate of drug-likeness (QED) is 0.260. The number of hydrogen-bond acceptors (Lipinski definition) is 7. The number of carbonyl (C=O) groups excluding carboxylic acids is 1. The van der Waals surface area contributed by atoms with Gasteiger partial charge in [0.1, 0.15) is 0 Å². The molecule has 0 bridgehead atoms. The molecule has 162 valence electrons. The Morgan fingerprint density at radius 1 is 1.10 bits per heavy atom. The Labute approximate surface area is 172 Å². The van der Waals surface area contributed by atoms with Crippen molar-refractivity contribution >= 4 is 19.2 Å². The number of nitrogens with zero attached hydrogens (tertiary/aromatic N) is 3. The van der Waals surface area contributed by atoms with Gasteiger partial charge in [-0.25, -0.2) is 9.50 Å². The summed E-state index contributed by atoms with van der Waals surface area (Å²) in [5.74, 6) is -0.655. The Kier molecular flexibility index (Phi) is 9.27. The largest absolute Gasteiger partial charge is 0.465 e. The first-order valence-electron chi connectivity index (χ1n) is 10.4. The summed E-state index contributed by atoms with van der Waals surface area (Å²) in [6, 6.07) is 3.53. The lowest BCUT2D eigenvalue weighted by Gasteiger charge is -2.25. The highest BCUT2D eigenvalue weighted by Crippen LogP contribution is 2.61. The van der Waals surface area contributed by atoms with Crippen molar-refractivity contribution in [2.45, 2.75) is 65.5 Å². The van der Waals surface area contributed by atoms with Crippen LogP contribution in [0.5, 0.6) is 0 Å². The second kappa shape index (κ2) is 11.4. The topological polar surface area (TPSA) is 92.0 Å². The first-order valence-corrected chi connectivity index (χ1v) is 12.0. The van der Waals surface area contributed by atoms with Crippen molar-refractivity contribution in [1.29, 1.82) is 0 Å². The molecule has 29 heavy (non-hydrogen) atoms. The molecule has 2 aromatic rings. The minimum atomic E-state index is -3.84. The second-order valence-corrected chi connectivity index (χ2v) is 8.73. The van der Waals surface area contributed by atoms with Crippen LogP contribution in [0.4, 0.5) is 0 Å². The Morgan fingerprint density at radius 3 is 2.45 bits per heavy atom. The molecule has 2 aromatic heterocycles. The third-order valence-corrected chi connectivity index (χ3v) is 6.79. The monoisotopic (exact) mass is 425 g/mol. The van der Waals surface area contributed by atoms with Gasteiger partial charge >= 0.3 is 13.6 Å². The average molecular weight is 425 g/mol. The van der Waals surface area contributed by atoms with E-state index in [-0.39, 0.29) is 19.8 Å². The zero-order valence-corrected chi connectivity index (χ0v) is 18.7. The smallest absolute Gasteiger partial charge is 0.350 e. The third-order valence-electron chi connectivity index (χ3n) is 4.45. The number of ether oxygens (including phenoxy) is 1. The lowest BCUT2D eigenvalue weighted by Crippen LogP contribution is -2.22. The van der Waals surface area contributed by atoms with E-state index in [0.29, 0.717) is 11.3 Å². The van der Waals surface area contributed by atoms with E-state index in [1.807, 2.05) is 0 Å². The number of esters is 1. The Bertz CT molecular complexity index is 829. The van der Waals surface area contributed by atoms with Crippen molar-refractivity contribution in [3.63, 3.8) is 0 Å². The van der Waals surface area contributed by atoms with Crippen LogP contribution in [0.15, 0.2) is 18.3 Å². The molecule has 0 aliphatic carbocycles. The van der Waals surface area contributed by atoms with E-state index in [9.17, 15) is 9.36 Å². The van der Waals surface area contributed by atoms with E-state index in [2.05, 4.69) is 17.0 Å². The first kappa shape index (κ1) is 23.5. The van der Waals surface area contributed by atoms with Crippen LogP contribution >= 0.6 is 7.60 Å². The van der Waals surface area contributed by atoms with Crippen molar-refractivity contribution in [1.82, 2.24) is 14.6 Å². The summed E-state index contributed by atoms with van der Waals surface area (Å²) < 4.78 is 31.4. The van der Waals surface area contributed by atoms with Crippen LogP contribution in [0.25, 0.3) is 5.65 Å². The van der Waals surface area contributed by atoms with Gasteiger partial charge in [0.05, 0.1) is 31.7 Å². The summed E-state index contributed by atoms with van der Waals surface area (Å²) in [5, 5.41) is 4.28. The molecule has 0 amide bonds. The molecule has 0 radical (unpaired) electrons. The van der Waals surface area contributed by atoms with Crippen molar-refractivity contribution in [3.05, 3.63) is 29.7 Å². The number of rotatable bonds is 13. The predicted octanol–water partition coefficient (Wildman–Crippen LogP) is 4.72. The van der Waals surface area contributed by atoms with Gasteiger partial charge in [-0.15, -0.1) is 0 Å². The minimum Gasteiger partial charge on any atom is -0.465 e. The van der Waals surface area contributed by atoms with Gasteiger partial charge in [0.2, 0.25) is 5.66 Å². The van der Waals surface area contributed by atoms with Gasteiger partial charge in [-0.3, -0.25) is 9.36 Å². The van der Waals surface area contributed by atoms with Crippen LogP contribution in [0.3, 0.4) is 0 Å². The Hall–Kier alpha value is -1.76. The van der Waals surface area contributed by atoms with Gasteiger partial charge in [-0.2, -0.15) is 5.10 Å². The van der Waals surface area contributed by atoms with Gasteiger partial charge in [0, 0.05) is 11.8 Å². The van der Waals surface area contributed by atoms with Crippen LogP contribution in [0.1, 0.15) is 70.4 Å². The normalized spacial score (nSPS) is 13.0. The number of aromatic nitrogens is 3. The standard InChI is InChI=1S/C20H32N3O5P/c1-5-9-10-11-12-16-15-17(23-18(22-16)13-14-21-23)19(20(24)26-6-2)29(25,27-7-3)28-8-4/h13-15,19H,5-12H2,1-4H3. The van der Waals surface area contributed by atoms with E-state index in [1.54, 1.807) is 39.1 Å². The molecule has 0 aliphatic rings. The maximum absolute atomic E-state index is 13.6. The highest BCUT2D eigenvalue weighted by Gasteiger charge is 2.45. The van der Waals surface area contributed by atoms with Crippen LogP contribution in [0, 0.1) is 0 Å². The maximum Gasteiger partial charge on any atom is 0.350 e. The number of aryl methyl sites for hydroxylation is 1. The van der Waals surface area contributed by atoms with Gasteiger partial charge < -0.3 is 13.8 Å². The first-order chi connectivity index (χ1) is 14.0. The van der Waals surface area contributed by atoms with E-state index >= 15 is 0 Å². The number of carbonyl (C=O) groups is 1. The zero-order valence-electron chi connectivity index (χ0n) is 17.8. The van der Waals surface area contributed by atoms with Gasteiger partial charge in [0.25, 0.3) is 0 Å². The molecule has 0 aromatic carbocycles. The van der Waals surface area contributed by atoms with Crippen LogP contribution < -0.4 is 0 Å². The summed E-state index contributed by atoms with van der Waals surface area (Å²) >= 11 is 0. The minimum absolute atomic E-state index is 0.143. The van der Waals surface area contributed by atoms with Gasteiger partial charge in [-0.05, 0) is 39.7 Å². The Morgan fingerprint density at radius 2 is 1.83 bits per heavy atom. The highest BCUT2D eigenvalue weighted by molar-refractivity contribution is 7.55. The highest BCUT2D eigenvalue weighted by atomic mass is 31.2. The molecule has 0 saturated carbocycles. The van der Waals surface area contributed by atoms with Crippen molar-refractivity contribution < 1.29 is 23.1 Å². The SMILES string of the molecule is CCCCCCc1cc(C(C(=O)OCC)P(=O)(OCC)OCC)n2nccc2n1. The molecular weight excluding hydrogens is 393 g/mol. The van der Waals surface area contributed by atoms with Crippen LogP contribution in [0.2, 0.25) is 0 Å². The van der Waals surface area contributed by atoms with Crippen LogP contribution in [-0.4, -0.2) is 40.4 Å². The van der Waals surface area contributed by atoms with Crippen molar-refractivity contribution in [2.24, 2.45) is 0 Å². The number of unbranched alkanes of at least 4 members (excludes halogenated alkanes) is 3. The third kappa shape index (κ3) is 5.87. The predicted molar refractivity (Wildman–Crippen MR) is 111 cm³/mol. The molecule has 2 rings (SSSR count). The molecule has 1 atom stereocenters. The van der Waals surface area contributed by atoms with Crippen LogP contribution in [-0.2, 0) is 29.6 Å². The fraction of sp³-hybridized carbons (Fsp3) is 0.650. The molecule has 0 spiro atoms. The fourth-order valence-electron chi connectivity index (χ4n) is 3.23. The summed E-state index contributed by atoms with van der Waals surface area (Å²) in [7, 11) is -3.84. The summed E-state index contributed by atoms with van der Waals surface area (Å²) in [4.78, 5) is 17.5.